The lowest BCUT2D eigenvalue weighted by atomic mass is 9.96. The van der Waals surface area contributed by atoms with E-state index < -0.39 is 0 Å². The summed E-state index contributed by atoms with van der Waals surface area (Å²) < 4.78 is 0. The number of phenolic OH excluding ortho intramolecular Hbond substituents is 1. The van der Waals surface area contributed by atoms with Crippen LogP contribution in [0.5, 0.6) is 5.75 Å². The summed E-state index contributed by atoms with van der Waals surface area (Å²) in [6.07, 6.45) is 2.11. The first kappa shape index (κ1) is 13.9. The molecule has 0 atom stereocenters. The maximum absolute atomic E-state index is 12.3. The number of phenols is 1. The largest absolute Gasteiger partial charge is 0.508 e. The molecule has 1 heterocycles. The zero-order valence-electron chi connectivity index (χ0n) is 11.4. The number of hydrogen-bond acceptors (Lipinski definition) is 3. The Hall–Kier alpha value is -1.55. The van der Waals surface area contributed by atoms with Crippen LogP contribution in [-0.2, 0) is 0 Å². The molecule has 4 nitrogen and oxygen atoms in total. The first-order chi connectivity index (χ1) is 9.20. The van der Waals surface area contributed by atoms with Crippen molar-refractivity contribution in [2.75, 3.05) is 26.2 Å². The van der Waals surface area contributed by atoms with Crippen molar-refractivity contribution in [3.05, 3.63) is 29.8 Å². The molecule has 4 heteroatoms. The van der Waals surface area contributed by atoms with Gasteiger partial charge in [0.1, 0.15) is 5.75 Å². The Morgan fingerprint density at radius 1 is 1.42 bits per heavy atom. The van der Waals surface area contributed by atoms with Crippen LogP contribution < -0.4 is 5.32 Å². The van der Waals surface area contributed by atoms with E-state index in [2.05, 4.69) is 12.2 Å². The minimum Gasteiger partial charge on any atom is -0.508 e. The molecule has 0 spiro atoms. The summed E-state index contributed by atoms with van der Waals surface area (Å²) in [6.45, 7) is 5.78. The highest BCUT2D eigenvalue weighted by Gasteiger charge is 2.23. The zero-order valence-corrected chi connectivity index (χ0v) is 11.4. The van der Waals surface area contributed by atoms with Crippen LogP contribution in [0.25, 0.3) is 0 Å². The normalized spacial score (nSPS) is 16.6. The summed E-state index contributed by atoms with van der Waals surface area (Å²) in [5, 5.41) is 12.8. The number of nitrogens with one attached hydrogen (secondary N) is 1. The fraction of sp³-hybridized carbons (Fsp3) is 0.533. The molecule has 2 N–H and O–H groups in total. The Balaban J connectivity index is 1.89. The lowest BCUT2D eigenvalue weighted by Crippen LogP contribution is -2.40. The second-order valence-electron chi connectivity index (χ2n) is 5.09. The molecule has 1 aromatic rings. The molecule has 1 fully saturated rings. The van der Waals surface area contributed by atoms with Gasteiger partial charge in [0, 0.05) is 18.7 Å². The minimum atomic E-state index is 0.0257. The number of rotatable bonds is 4. The zero-order chi connectivity index (χ0) is 13.7. The van der Waals surface area contributed by atoms with Crippen molar-refractivity contribution in [1.29, 1.82) is 0 Å². The molecule has 104 valence electrons. The lowest BCUT2D eigenvalue weighted by Gasteiger charge is -2.32. The molecule has 1 saturated heterocycles. The number of likely N-dealkylation sites (tertiary alicyclic amines) is 1. The molecule has 1 aliphatic rings. The number of aromatic hydroxyl groups is 1. The van der Waals surface area contributed by atoms with Gasteiger partial charge in [-0.1, -0.05) is 13.0 Å². The fourth-order valence-electron chi connectivity index (χ4n) is 2.51. The second-order valence-corrected chi connectivity index (χ2v) is 5.09. The minimum absolute atomic E-state index is 0.0257. The van der Waals surface area contributed by atoms with Gasteiger partial charge in [0.15, 0.2) is 0 Å². The van der Waals surface area contributed by atoms with Gasteiger partial charge >= 0.3 is 0 Å². The first-order valence-electron chi connectivity index (χ1n) is 6.99. The van der Waals surface area contributed by atoms with E-state index >= 15 is 0 Å². The van der Waals surface area contributed by atoms with Gasteiger partial charge in [-0.15, -0.1) is 0 Å². The average Bonchev–Trinajstić information content (AvgIpc) is 2.45. The van der Waals surface area contributed by atoms with Crippen molar-refractivity contribution in [1.82, 2.24) is 10.2 Å². The third-order valence-electron chi connectivity index (χ3n) is 3.68. The number of benzene rings is 1. The second kappa shape index (κ2) is 6.57. The number of amides is 1. The van der Waals surface area contributed by atoms with Crippen LogP contribution >= 0.6 is 0 Å². The van der Waals surface area contributed by atoms with Gasteiger partial charge < -0.3 is 15.3 Å². The van der Waals surface area contributed by atoms with Crippen LogP contribution in [0, 0.1) is 5.92 Å². The van der Waals surface area contributed by atoms with Crippen molar-refractivity contribution < 1.29 is 9.90 Å². The van der Waals surface area contributed by atoms with Gasteiger partial charge in [-0.05, 0) is 50.0 Å². The Labute approximate surface area is 114 Å². The third kappa shape index (κ3) is 3.70. The van der Waals surface area contributed by atoms with Gasteiger partial charge in [-0.3, -0.25) is 4.79 Å². The maximum Gasteiger partial charge on any atom is 0.253 e. The molecule has 1 aromatic carbocycles. The van der Waals surface area contributed by atoms with Crippen molar-refractivity contribution in [3.63, 3.8) is 0 Å². The van der Waals surface area contributed by atoms with Crippen LogP contribution in [-0.4, -0.2) is 42.1 Å². The van der Waals surface area contributed by atoms with Gasteiger partial charge in [0.05, 0.1) is 0 Å². The van der Waals surface area contributed by atoms with Gasteiger partial charge in [-0.2, -0.15) is 0 Å². The number of carbonyl (C=O) groups excluding carboxylic acids is 1. The van der Waals surface area contributed by atoms with Crippen molar-refractivity contribution in [3.8, 4) is 5.75 Å². The summed E-state index contributed by atoms with van der Waals surface area (Å²) in [7, 11) is 0. The number of hydrogen-bond donors (Lipinski definition) is 2. The van der Waals surface area contributed by atoms with Gasteiger partial charge in [0.2, 0.25) is 0 Å². The van der Waals surface area contributed by atoms with Crippen LogP contribution in [0.1, 0.15) is 30.1 Å². The third-order valence-corrected chi connectivity index (χ3v) is 3.68. The Bertz CT molecular complexity index is 426. The Morgan fingerprint density at radius 2 is 2.16 bits per heavy atom. The van der Waals surface area contributed by atoms with E-state index in [4.69, 9.17) is 0 Å². The monoisotopic (exact) mass is 262 g/mol. The summed E-state index contributed by atoms with van der Waals surface area (Å²) in [4.78, 5) is 14.2. The number of carbonyl (C=O) groups is 1. The van der Waals surface area contributed by atoms with Crippen LogP contribution in [0.3, 0.4) is 0 Å². The summed E-state index contributed by atoms with van der Waals surface area (Å²) >= 11 is 0. The molecule has 1 aliphatic heterocycles. The highest BCUT2D eigenvalue weighted by atomic mass is 16.3. The molecule has 0 unspecified atom stereocenters. The fourth-order valence-corrected chi connectivity index (χ4v) is 2.51. The Morgan fingerprint density at radius 3 is 2.79 bits per heavy atom. The summed E-state index contributed by atoms with van der Waals surface area (Å²) in [5.74, 6) is 0.846. The molecule has 0 aliphatic carbocycles. The van der Waals surface area contributed by atoms with Crippen molar-refractivity contribution in [2.24, 2.45) is 5.92 Å². The summed E-state index contributed by atoms with van der Waals surface area (Å²) in [6, 6.07) is 6.58. The quantitative estimate of drug-likeness (QED) is 0.870. The average molecular weight is 262 g/mol. The molecule has 0 saturated carbocycles. The van der Waals surface area contributed by atoms with E-state index in [-0.39, 0.29) is 11.7 Å². The highest BCUT2D eigenvalue weighted by Crippen LogP contribution is 2.19. The van der Waals surface area contributed by atoms with E-state index in [1.165, 1.54) is 6.07 Å². The molecule has 2 rings (SSSR count). The van der Waals surface area contributed by atoms with Crippen LogP contribution in [0.2, 0.25) is 0 Å². The SMILES string of the molecule is CCNCC1CCN(C(=O)c2cccc(O)c2)CC1. The topological polar surface area (TPSA) is 52.6 Å². The van der Waals surface area contributed by atoms with Gasteiger partial charge in [0.25, 0.3) is 5.91 Å². The maximum atomic E-state index is 12.3. The van der Waals surface area contributed by atoms with Crippen molar-refractivity contribution in [2.45, 2.75) is 19.8 Å². The molecule has 19 heavy (non-hydrogen) atoms. The van der Waals surface area contributed by atoms with Crippen LogP contribution in [0.15, 0.2) is 24.3 Å². The Kier molecular flexibility index (Phi) is 4.80. The standard InChI is InChI=1S/C15H22N2O2/c1-2-16-11-12-6-8-17(9-7-12)15(19)13-4-3-5-14(18)10-13/h3-5,10,12,16,18H,2,6-9,11H2,1H3. The van der Waals surface area contributed by atoms with E-state index in [0.717, 1.165) is 39.0 Å². The molecule has 1 amide bonds. The van der Waals surface area contributed by atoms with Crippen LogP contribution in [0.4, 0.5) is 0 Å². The predicted molar refractivity (Wildman–Crippen MR) is 75.3 cm³/mol. The predicted octanol–water partition coefficient (Wildman–Crippen LogP) is 1.85. The molecule has 0 radical (unpaired) electrons. The number of piperidine rings is 1. The van der Waals surface area contributed by atoms with E-state index in [0.29, 0.717) is 11.5 Å². The van der Waals surface area contributed by atoms with E-state index in [1.807, 2.05) is 4.90 Å². The lowest BCUT2D eigenvalue weighted by molar-refractivity contribution is 0.0690. The smallest absolute Gasteiger partial charge is 0.253 e. The summed E-state index contributed by atoms with van der Waals surface area (Å²) in [5.41, 5.74) is 0.574. The molecule has 0 bridgehead atoms. The van der Waals surface area contributed by atoms with Crippen molar-refractivity contribution >= 4 is 5.91 Å². The van der Waals surface area contributed by atoms with E-state index in [9.17, 15) is 9.90 Å². The molecule has 0 aromatic heterocycles. The molecular formula is C15H22N2O2. The van der Waals surface area contributed by atoms with Gasteiger partial charge in [-0.25, -0.2) is 0 Å². The first-order valence-corrected chi connectivity index (χ1v) is 6.99. The number of nitrogens with zero attached hydrogens (tertiary/aromatic N) is 1. The van der Waals surface area contributed by atoms with E-state index in [1.54, 1.807) is 18.2 Å². The molecular weight excluding hydrogens is 240 g/mol. The highest BCUT2D eigenvalue weighted by molar-refractivity contribution is 5.94.